The summed E-state index contributed by atoms with van der Waals surface area (Å²) in [7, 11) is 0. The summed E-state index contributed by atoms with van der Waals surface area (Å²) >= 11 is 7.18. The summed E-state index contributed by atoms with van der Waals surface area (Å²) in [6, 6.07) is 0. The Morgan fingerprint density at radius 2 is 2.06 bits per heavy atom. The van der Waals surface area contributed by atoms with Crippen molar-refractivity contribution >= 4 is 22.9 Å². The number of thiazole rings is 1. The Bertz CT molecular complexity index is 504. The minimum Gasteiger partial charge on any atom is -0.246 e. The van der Waals surface area contributed by atoms with Crippen molar-refractivity contribution in [2.45, 2.75) is 20.3 Å². The molecule has 84 valence electrons. The van der Waals surface area contributed by atoms with Crippen LogP contribution in [0.4, 0.5) is 4.39 Å². The van der Waals surface area contributed by atoms with Crippen LogP contribution in [0.2, 0.25) is 5.15 Å². The highest BCUT2D eigenvalue weighted by Crippen LogP contribution is 2.17. The number of aryl methyl sites for hydroxylation is 2. The van der Waals surface area contributed by atoms with Crippen LogP contribution in [0, 0.1) is 19.7 Å². The van der Waals surface area contributed by atoms with Gasteiger partial charge in [-0.3, -0.25) is 0 Å². The van der Waals surface area contributed by atoms with Gasteiger partial charge in [-0.1, -0.05) is 11.6 Å². The normalized spacial score (nSPS) is 10.8. The van der Waals surface area contributed by atoms with Gasteiger partial charge in [0.15, 0.2) is 11.0 Å². The lowest BCUT2D eigenvalue weighted by molar-refractivity contribution is 0.597. The Balaban J connectivity index is 2.28. The maximum atomic E-state index is 13.2. The zero-order chi connectivity index (χ0) is 11.7. The summed E-state index contributed by atoms with van der Waals surface area (Å²) in [5.41, 5.74) is 1.23. The molecule has 0 aliphatic heterocycles. The van der Waals surface area contributed by atoms with Crippen LogP contribution in [0.25, 0.3) is 0 Å². The van der Waals surface area contributed by atoms with Gasteiger partial charge in [0.25, 0.3) is 0 Å². The molecule has 0 unspecified atom stereocenters. The zero-order valence-electron chi connectivity index (χ0n) is 8.79. The summed E-state index contributed by atoms with van der Waals surface area (Å²) in [6.07, 6.45) is 0.485. The number of aromatic nitrogens is 3. The van der Waals surface area contributed by atoms with Crippen molar-refractivity contribution in [1.82, 2.24) is 15.0 Å². The molecule has 0 aromatic carbocycles. The molecule has 0 radical (unpaired) electrons. The summed E-state index contributed by atoms with van der Waals surface area (Å²) in [6.45, 7) is 3.49. The highest BCUT2D eigenvalue weighted by atomic mass is 35.5. The first kappa shape index (κ1) is 11.4. The molecule has 0 atom stereocenters. The highest BCUT2D eigenvalue weighted by molar-refractivity contribution is 7.09. The third-order valence-electron chi connectivity index (χ3n) is 2.00. The van der Waals surface area contributed by atoms with Crippen LogP contribution in [-0.2, 0) is 6.42 Å². The smallest absolute Gasteiger partial charge is 0.181 e. The lowest BCUT2D eigenvalue weighted by atomic mass is 10.3. The van der Waals surface area contributed by atoms with Gasteiger partial charge in [0, 0.05) is 11.1 Å². The zero-order valence-corrected chi connectivity index (χ0v) is 10.4. The minimum atomic E-state index is -0.555. The van der Waals surface area contributed by atoms with Crippen LogP contribution in [0.3, 0.4) is 0 Å². The van der Waals surface area contributed by atoms with E-state index in [9.17, 15) is 4.39 Å². The van der Waals surface area contributed by atoms with Crippen LogP contribution < -0.4 is 0 Å². The Morgan fingerprint density at radius 3 is 2.62 bits per heavy atom. The van der Waals surface area contributed by atoms with Gasteiger partial charge in [-0.05, 0) is 13.8 Å². The standard InChI is InChI=1S/C10H9ClFN3S/c1-5-4-16-8(13-5)3-7-14-6(2)9(12)10(11)15-7/h4H,3H2,1-2H3. The van der Waals surface area contributed by atoms with Gasteiger partial charge in [0.05, 0.1) is 12.1 Å². The van der Waals surface area contributed by atoms with Crippen molar-refractivity contribution in [3.63, 3.8) is 0 Å². The van der Waals surface area contributed by atoms with E-state index in [0.717, 1.165) is 10.7 Å². The monoisotopic (exact) mass is 257 g/mol. The number of hydrogen-bond donors (Lipinski definition) is 0. The lowest BCUT2D eigenvalue weighted by Gasteiger charge is -2.01. The molecule has 0 saturated carbocycles. The van der Waals surface area contributed by atoms with Gasteiger partial charge in [-0.15, -0.1) is 11.3 Å². The Morgan fingerprint density at radius 1 is 1.31 bits per heavy atom. The molecule has 2 heterocycles. The lowest BCUT2D eigenvalue weighted by Crippen LogP contribution is -2.02. The minimum absolute atomic E-state index is 0.129. The van der Waals surface area contributed by atoms with E-state index < -0.39 is 5.82 Å². The average Bonchev–Trinajstić information content (AvgIpc) is 2.60. The molecule has 0 fully saturated rings. The van der Waals surface area contributed by atoms with Gasteiger partial charge in [-0.2, -0.15) is 0 Å². The highest BCUT2D eigenvalue weighted by Gasteiger charge is 2.10. The fourth-order valence-electron chi connectivity index (χ4n) is 1.28. The molecule has 3 nitrogen and oxygen atoms in total. The van der Waals surface area contributed by atoms with Crippen LogP contribution in [0.5, 0.6) is 0 Å². The second kappa shape index (κ2) is 4.43. The summed E-state index contributed by atoms with van der Waals surface area (Å²) in [5, 5.41) is 2.73. The second-order valence-electron chi connectivity index (χ2n) is 3.39. The van der Waals surface area contributed by atoms with Crippen molar-refractivity contribution < 1.29 is 4.39 Å². The van der Waals surface area contributed by atoms with E-state index in [1.165, 1.54) is 11.3 Å². The Hall–Kier alpha value is -1.07. The molecule has 0 amide bonds. The van der Waals surface area contributed by atoms with Crippen molar-refractivity contribution in [2.24, 2.45) is 0 Å². The SMILES string of the molecule is Cc1csc(Cc2nc(C)c(F)c(Cl)n2)n1. The van der Waals surface area contributed by atoms with Crippen molar-refractivity contribution in [2.75, 3.05) is 0 Å². The van der Waals surface area contributed by atoms with Crippen molar-refractivity contribution in [3.8, 4) is 0 Å². The fourth-order valence-corrected chi connectivity index (χ4v) is 2.28. The maximum absolute atomic E-state index is 13.2. The van der Waals surface area contributed by atoms with Crippen LogP contribution in [0.1, 0.15) is 22.2 Å². The predicted octanol–water partition coefficient (Wildman–Crippen LogP) is 2.93. The molecule has 0 spiro atoms. The molecule has 6 heteroatoms. The first-order valence-electron chi connectivity index (χ1n) is 4.66. The molecule has 16 heavy (non-hydrogen) atoms. The van der Waals surface area contributed by atoms with Crippen LogP contribution >= 0.6 is 22.9 Å². The van der Waals surface area contributed by atoms with Crippen LogP contribution in [0.15, 0.2) is 5.38 Å². The second-order valence-corrected chi connectivity index (χ2v) is 4.69. The molecule has 0 bridgehead atoms. The third-order valence-corrected chi connectivity index (χ3v) is 3.22. The average molecular weight is 258 g/mol. The fraction of sp³-hybridized carbons (Fsp3) is 0.300. The molecule has 2 aromatic heterocycles. The van der Waals surface area contributed by atoms with E-state index in [2.05, 4.69) is 15.0 Å². The van der Waals surface area contributed by atoms with Crippen LogP contribution in [-0.4, -0.2) is 15.0 Å². The molecule has 2 rings (SSSR count). The first-order valence-corrected chi connectivity index (χ1v) is 5.91. The van der Waals surface area contributed by atoms with Gasteiger partial charge in [-0.25, -0.2) is 19.3 Å². The van der Waals surface area contributed by atoms with E-state index in [-0.39, 0.29) is 10.8 Å². The molecular formula is C10H9ClFN3S. The van der Waals surface area contributed by atoms with E-state index in [1.807, 2.05) is 12.3 Å². The molecule has 0 saturated heterocycles. The number of halogens is 2. The predicted molar refractivity (Wildman–Crippen MR) is 61.4 cm³/mol. The maximum Gasteiger partial charge on any atom is 0.181 e. The van der Waals surface area contributed by atoms with Gasteiger partial charge < -0.3 is 0 Å². The van der Waals surface area contributed by atoms with Gasteiger partial charge in [0.2, 0.25) is 0 Å². The number of nitrogens with zero attached hydrogens (tertiary/aromatic N) is 3. The number of hydrogen-bond acceptors (Lipinski definition) is 4. The summed E-state index contributed by atoms with van der Waals surface area (Å²) in [4.78, 5) is 12.2. The molecular weight excluding hydrogens is 249 g/mol. The Kier molecular flexibility index (Phi) is 3.16. The van der Waals surface area contributed by atoms with Gasteiger partial charge >= 0.3 is 0 Å². The molecule has 0 aliphatic carbocycles. The van der Waals surface area contributed by atoms with E-state index in [4.69, 9.17) is 11.6 Å². The molecule has 2 aromatic rings. The van der Waals surface area contributed by atoms with Crippen molar-refractivity contribution in [3.05, 3.63) is 38.6 Å². The molecule has 0 N–H and O–H groups in total. The topological polar surface area (TPSA) is 38.7 Å². The van der Waals surface area contributed by atoms with E-state index in [0.29, 0.717) is 12.2 Å². The third kappa shape index (κ3) is 2.36. The molecule has 0 aliphatic rings. The Labute approximate surface area is 101 Å². The summed E-state index contributed by atoms with van der Waals surface area (Å²) < 4.78 is 13.2. The summed E-state index contributed by atoms with van der Waals surface area (Å²) in [5.74, 6) is -0.0565. The quantitative estimate of drug-likeness (QED) is 0.777. The largest absolute Gasteiger partial charge is 0.246 e. The van der Waals surface area contributed by atoms with E-state index >= 15 is 0 Å². The van der Waals surface area contributed by atoms with Crippen molar-refractivity contribution in [1.29, 1.82) is 0 Å². The van der Waals surface area contributed by atoms with E-state index in [1.54, 1.807) is 6.92 Å². The van der Waals surface area contributed by atoms with Gasteiger partial charge in [0.1, 0.15) is 10.8 Å². The number of rotatable bonds is 2. The first-order chi connectivity index (χ1) is 7.56.